The Morgan fingerprint density at radius 1 is 1.22 bits per heavy atom. The number of aryl methyl sites for hydroxylation is 1. The summed E-state index contributed by atoms with van der Waals surface area (Å²) in [6.07, 6.45) is 7.97. The zero-order chi connectivity index (χ0) is 12.4. The van der Waals surface area contributed by atoms with Gasteiger partial charge in [-0.3, -0.25) is 0 Å². The van der Waals surface area contributed by atoms with Gasteiger partial charge >= 0.3 is 0 Å². The Morgan fingerprint density at radius 2 is 2.11 bits per heavy atom. The number of ether oxygens (including phenoxy) is 1. The molecule has 1 atom stereocenters. The van der Waals surface area contributed by atoms with E-state index in [-0.39, 0.29) is 0 Å². The highest BCUT2D eigenvalue weighted by Crippen LogP contribution is 2.28. The fourth-order valence-corrected chi connectivity index (χ4v) is 3.06. The number of hydrogen-bond donors (Lipinski definition) is 1. The summed E-state index contributed by atoms with van der Waals surface area (Å²) in [5.41, 5.74) is 2.99. The van der Waals surface area contributed by atoms with Crippen LogP contribution in [-0.2, 0) is 12.8 Å². The van der Waals surface area contributed by atoms with Gasteiger partial charge in [-0.1, -0.05) is 12.5 Å². The largest absolute Gasteiger partial charge is 0.497 e. The number of hydrogen-bond acceptors (Lipinski definition) is 2. The van der Waals surface area contributed by atoms with Crippen LogP contribution in [0.3, 0.4) is 0 Å². The molecule has 0 saturated heterocycles. The van der Waals surface area contributed by atoms with Crippen molar-refractivity contribution >= 4 is 0 Å². The zero-order valence-corrected chi connectivity index (χ0v) is 11.2. The number of nitrogens with one attached hydrogen (secondary N) is 1. The highest BCUT2D eigenvalue weighted by molar-refractivity contribution is 5.37. The molecule has 18 heavy (non-hydrogen) atoms. The average Bonchev–Trinajstić information content (AvgIpc) is 2.36. The minimum Gasteiger partial charge on any atom is -0.497 e. The maximum Gasteiger partial charge on any atom is 0.119 e. The molecule has 0 heterocycles. The topological polar surface area (TPSA) is 21.3 Å². The standard InChI is InChI=1S/C16H23NO/c1-18-16-8-6-13-5-7-15(9-14(13)10-16)17-11-12-3-2-4-12/h6,8,10,12,15,17H,2-5,7,9,11H2,1H3. The van der Waals surface area contributed by atoms with E-state index >= 15 is 0 Å². The number of rotatable bonds is 4. The SMILES string of the molecule is COc1ccc2c(c1)CC(NCC1CCC1)CC2. The molecule has 0 aromatic heterocycles. The van der Waals surface area contributed by atoms with Crippen LogP contribution in [0.1, 0.15) is 36.8 Å². The van der Waals surface area contributed by atoms with Gasteiger partial charge in [0, 0.05) is 6.04 Å². The molecule has 0 amide bonds. The second kappa shape index (κ2) is 5.31. The predicted octanol–water partition coefficient (Wildman–Crippen LogP) is 2.94. The third kappa shape index (κ3) is 2.54. The first-order valence-electron chi connectivity index (χ1n) is 7.24. The van der Waals surface area contributed by atoms with Crippen LogP contribution in [0, 0.1) is 5.92 Å². The molecule has 1 N–H and O–H groups in total. The summed E-state index contributed by atoms with van der Waals surface area (Å²) in [6, 6.07) is 7.20. The molecule has 2 heteroatoms. The third-order valence-corrected chi connectivity index (χ3v) is 4.56. The first-order valence-corrected chi connectivity index (χ1v) is 7.24. The van der Waals surface area contributed by atoms with Crippen LogP contribution in [0.5, 0.6) is 5.75 Å². The summed E-state index contributed by atoms with van der Waals surface area (Å²) in [7, 11) is 1.75. The molecule has 2 aliphatic rings. The summed E-state index contributed by atoms with van der Waals surface area (Å²) < 4.78 is 5.32. The Balaban J connectivity index is 1.60. The molecule has 1 unspecified atom stereocenters. The van der Waals surface area contributed by atoms with Crippen LogP contribution in [-0.4, -0.2) is 19.7 Å². The zero-order valence-electron chi connectivity index (χ0n) is 11.2. The molecule has 2 aliphatic carbocycles. The van der Waals surface area contributed by atoms with Gasteiger partial charge in [-0.2, -0.15) is 0 Å². The quantitative estimate of drug-likeness (QED) is 0.880. The van der Waals surface area contributed by atoms with Crippen molar-refractivity contribution < 1.29 is 4.74 Å². The fraction of sp³-hybridized carbons (Fsp3) is 0.625. The Labute approximate surface area is 110 Å². The average molecular weight is 245 g/mol. The Kier molecular flexibility index (Phi) is 3.55. The van der Waals surface area contributed by atoms with Crippen LogP contribution < -0.4 is 10.1 Å². The second-order valence-corrected chi connectivity index (χ2v) is 5.78. The lowest BCUT2D eigenvalue weighted by atomic mass is 9.84. The molecule has 2 nitrogen and oxygen atoms in total. The van der Waals surface area contributed by atoms with E-state index in [4.69, 9.17) is 4.74 Å². The third-order valence-electron chi connectivity index (χ3n) is 4.56. The number of methoxy groups -OCH3 is 1. The maximum atomic E-state index is 5.32. The van der Waals surface area contributed by atoms with Crippen LogP contribution >= 0.6 is 0 Å². The van der Waals surface area contributed by atoms with Crippen LogP contribution in [0.2, 0.25) is 0 Å². The van der Waals surface area contributed by atoms with Gasteiger partial charge in [0.05, 0.1) is 7.11 Å². The van der Waals surface area contributed by atoms with Gasteiger partial charge in [0.2, 0.25) is 0 Å². The van der Waals surface area contributed by atoms with Crippen molar-refractivity contribution in [2.75, 3.05) is 13.7 Å². The molecule has 1 fully saturated rings. The van der Waals surface area contributed by atoms with Crippen molar-refractivity contribution in [2.45, 2.75) is 44.6 Å². The van der Waals surface area contributed by atoms with Crippen LogP contribution in [0.15, 0.2) is 18.2 Å². The lowest BCUT2D eigenvalue weighted by Crippen LogP contribution is -2.39. The van der Waals surface area contributed by atoms with Gasteiger partial charge in [0.25, 0.3) is 0 Å². The van der Waals surface area contributed by atoms with Crippen LogP contribution in [0.25, 0.3) is 0 Å². The molecule has 0 aliphatic heterocycles. The molecule has 3 rings (SSSR count). The fourth-order valence-electron chi connectivity index (χ4n) is 3.06. The van der Waals surface area contributed by atoms with E-state index in [9.17, 15) is 0 Å². The van der Waals surface area contributed by atoms with Crippen molar-refractivity contribution in [3.05, 3.63) is 29.3 Å². The Hall–Kier alpha value is -1.02. The highest BCUT2D eigenvalue weighted by Gasteiger charge is 2.22. The van der Waals surface area contributed by atoms with E-state index in [1.165, 1.54) is 56.2 Å². The predicted molar refractivity (Wildman–Crippen MR) is 74.2 cm³/mol. The summed E-state index contributed by atoms with van der Waals surface area (Å²) in [4.78, 5) is 0. The highest BCUT2D eigenvalue weighted by atomic mass is 16.5. The lowest BCUT2D eigenvalue weighted by molar-refractivity contribution is 0.283. The number of benzene rings is 1. The van der Waals surface area contributed by atoms with Crippen molar-refractivity contribution in [1.29, 1.82) is 0 Å². The van der Waals surface area contributed by atoms with Crippen molar-refractivity contribution in [2.24, 2.45) is 5.92 Å². The monoisotopic (exact) mass is 245 g/mol. The van der Waals surface area contributed by atoms with Crippen molar-refractivity contribution in [3.8, 4) is 5.75 Å². The first kappa shape index (κ1) is 12.0. The second-order valence-electron chi connectivity index (χ2n) is 5.78. The van der Waals surface area contributed by atoms with Gasteiger partial charge in [-0.05, 0) is 67.8 Å². The lowest BCUT2D eigenvalue weighted by Gasteiger charge is -2.31. The smallest absolute Gasteiger partial charge is 0.119 e. The van der Waals surface area contributed by atoms with Gasteiger partial charge in [0.1, 0.15) is 5.75 Å². The summed E-state index contributed by atoms with van der Waals surface area (Å²) in [5, 5.41) is 3.76. The molecule has 0 radical (unpaired) electrons. The van der Waals surface area contributed by atoms with Crippen molar-refractivity contribution in [1.82, 2.24) is 5.32 Å². The van der Waals surface area contributed by atoms with E-state index in [1.807, 2.05) is 0 Å². The van der Waals surface area contributed by atoms with E-state index < -0.39 is 0 Å². The van der Waals surface area contributed by atoms with E-state index in [0.717, 1.165) is 11.7 Å². The maximum absolute atomic E-state index is 5.32. The van der Waals surface area contributed by atoms with Gasteiger partial charge in [-0.15, -0.1) is 0 Å². The molecular weight excluding hydrogens is 222 g/mol. The molecule has 1 aromatic rings. The molecule has 98 valence electrons. The molecular formula is C16H23NO. The van der Waals surface area contributed by atoms with Gasteiger partial charge in [0.15, 0.2) is 0 Å². The van der Waals surface area contributed by atoms with Crippen LogP contribution in [0.4, 0.5) is 0 Å². The van der Waals surface area contributed by atoms with Gasteiger partial charge < -0.3 is 10.1 Å². The molecule has 1 aromatic carbocycles. The van der Waals surface area contributed by atoms with E-state index in [0.29, 0.717) is 6.04 Å². The van der Waals surface area contributed by atoms with Gasteiger partial charge in [-0.25, -0.2) is 0 Å². The summed E-state index contributed by atoms with van der Waals surface area (Å²) in [5.74, 6) is 1.95. The summed E-state index contributed by atoms with van der Waals surface area (Å²) in [6.45, 7) is 1.23. The normalized spacial score (nSPS) is 23.3. The van der Waals surface area contributed by atoms with E-state index in [1.54, 1.807) is 7.11 Å². The van der Waals surface area contributed by atoms with Crippen molar-refractivity contribution in [3.63, 3.8) is 0 Å². The van der Waals surface area contributed by atoms with E-state index in [2.05, 4.69) is 23.5 Å². The Morgan fingerprint density at radius 3 is 2.83 bits per heavy atom. The first-order chi connectivity index (χ1) is 8.85. The molecule has 0 bridgehead atoms. The molecule has 1 saturated carbocycles. The minimum absolute atomic E-state index is 0.671. The molecule has 0 spiro atoms. The number of fused-ring (bicyclic) bond motifs is 1. The summed E-state index contributed by atoms with van der Waals surface area (Å²) >= 11 is 0. The Bertz CT molecular complexity index is 412. The minimum atomic E-state index is 0.671.